The number of carbonyl (C=O) groups is 1. The smallest absolute Gasteiger partial charge is 0.261 e. The lowest BCUT2D eigenvalue weighted by molar-refractivity contribution is 0.102. The summed E-state index contributed by atoms with van der Waals surface area (Å²) < 4.78 is 6.12. The number of aliphatic hydroxyl groups is 1. The molecule has 0 atom stereocenters. The molecule has 2 aromatic heterocycles. The Morgan fingerprint density at radius 1 is 1.00 bits per heavy atom. The summed E-state index contributed by atoms with van der Waals surface area (Å²) in [6, 6.07) is 24.6. The summed E-state index contributed by atoms with van der Waals surface area (Å²) in [5, 5.41) is 15.4. The fourth-order valence-corrected chi connectivity index (χ4v) is 3.80. The molecule has 3 aromatic carbocycles. The zero-order valence-corrected chi connectivity index (χ0v) is 17.9. The van der Waals surface area contributed by atoms with Crippen molar-refractivity contribution in [1.82, 2.24) is 4.98 Å². The molecule has 0 aliphatic carbocycles. The van der Waals surface area contributed by atoms with E-state index in [0.29, 0.717) is 33.6 Å². The Labute approximate surface area is 189 Å². The molecule has 162 valence electrons. The number of nitrogens with one attached hydrogen (secondary N) is 1. The fourth-order valence-electron chi connectivity index (χ4n) is 3.80. The van der Waals surface area contributed by atoms with Crippen LogP contribution in [0.4, 0.5) is 11.4 Å². The second-order valence-corrected chi connectivity index (χ2v) is 7.66. The molecule has 0 fully saturated rings. The second kappa shape index (κ2) is 8.68. The molecular weight excluding hydrogens is 414 g/mol. The minimum Gasteiger partial charge on any atom is -0.436 e. The van der Waals surface area contributed by atoms with Crippen LogP contribution in [0, 0.1) is 6.92 Å². The number of aryl methyl sites for hydroxylation is 1. The molecule has 5 rings (SSSR count). The maximum absolute atomic E-state index is 13.5. The van der Waals surface area contributed by atoms with E-state index in [4.69, 9.17) is 4.42 Å². The average Bonchev–Trinajstić information content (AvgIpc) is 2.85. The SMILES string of the molecule is Cc1ncc(CO)c2cc(C(=O)Nc3cccc4ccccc34)c(=Nc3ccccc3)oc12. The molecule has 1 amide bonds. The highest BCUT2D eigenvalue weighted by atomic mass is 16.3. The number of fused-ring (bicyclic) bond motifs is 2. The monoisotopic (exact) mass is 435 g/mol. The number of carbonyl (C=O) groups excluding carboxylic acids is 1. The van der Waals surface area contributed by atoms with Gasteiger partial charge in [0.15, 0.2) is 5.58 Å². The number of pyridine rings is 1. The second-order valence-electron chi connectivity index (χ2n) is 7.66. The fraction of sp³-hybridized carbons (Fsp3) is 0.0741. The Kier molecular flexibility index (Phi) is 5.42. The first-order chi connectivity index (χ1) is 16.1. The van der Waals surface area contributed by atoms with Crippen LogP contribution in [0.2, 0.25) is 0 Å². The van der Waals surface area contributed by atoms with Gasteiger partial charge in [0.2, 0.25) is 5.55 Å². The van der Waals surface area contributed by atoms with Gasteiger partial charge in [-0.05, 0) is 36.6 Å². The lowest BCUT2D eigenvalue weighted by atomic mass is 10.1. The molecule has 0 saturated carbocycles. The van der Waals surface area contributed by atoms with Crippen molar-refractivity contribution in [2.24, 2.45) is 4.99 Å². The van der Waals surface area contributed by atoms with E-state index in [9.17, 15) is 9.90 Å². The van der Waals surface area contributed by atoms with E-state index in [1.165, 1.54) is 0 Å². The molecule has 33 heavy (non-hydrogen) atoms. The van der Waals surface area contributed by atoms with Crippen LogP contribution in [0.3, 0.4) is 0 Å². The first kappa shape index (κ1) is 20.6. The van der Waals surface area contributed by atoms with Crippen LogP contribution >= 0.6 is 0 Å². The van der Waals surface area contributed by atoms with Crippen LogP contribution in [0.5, 0.6) is 0 Å². The van der Waals surface area contributed by atoms with Gasteiger partial charge in [-0.1, -0.05) is 54.6 Å². The highest BCUT2D eigenvalue weighted by Crippen LogP contribution is 2.25. The first-order valence-electron chi connectivity index (χ1n) is 10.6. The maximum Gasteiger partial charge on any atom is 0.261 e. The van der Waals surface area contributed by atoms with Gasteiger partial charge in [-0.2, -0.15) is 0 Å². The Morgan fingerprint density at radius 3 is 2.58 bits per heavy atom. The largest absolute Gasteiger partial charge is 0.436 e. The molecule has 0 aliphatic heterocycles. The van der Waals surface area contributed by atoms with Crippen molar-refractivity contribution in [2.45, 2.75) is 13.5 Å². The van der Waals surface area contributed by atoms with E-state index in [2.05, 4.69) is 15.3 Å². The minimum absolute atomic E-state index is 0.173. The number of hydrogen-bond acceptors (Lipinski definition) is 5. The molecule has 2 N–H and O–H groups in total. The van der Waals surface area contributed by atoms with Gasteiger partial charge < -0.3 is 14.8 Å². The summed E-state index contributed by atoms with van der Waals surface area (Å²) in [6.45, 7) is 1.59. The van der Waals surface area contributed by atoms with Gasteiger partial charge in [0, 0.05) is 28.2 Å². The number of benzene rings is 3. The number of anilines is 1. The van der Waals surface area contributed by atoms with E-state index in [1.807, 2.05) is 79.7 Å². The zero-order chi connectivity index (χ0) is 22.8. The van der Waals surface area contributed by atoms with Gasteiger partial charge in [0.1, 0.15) is 5.56 Å². The molecule has 0 radical (unpaired) electrons. The Morgan fingerprint density at radius 2 is 1.76 bits per heavy atom. The lowest BCUT2D eigenvalue weighted by Crippen LogP contribution is -2.22. The van der Waals surface area contributed by atoms with E-state index in [-0.39, 0.29) is 23.6 Å². The third-order valence-electron chi connectivity index (χ3n) is 5.49. The van der Waals surface area contributed by atoms with Gasteiger partial charge in [-0.15, -0.1) is 0 Å². The number of hydrogen-bond donors (Lipinski definition) is 2. The van der Waals surface area contributed by atoms with Crippen LogP contribution in [0.25, 0.3) is 21.7 Å². The summed E-state index contributed by atoms with van der Waals surface area (Å²) in [5.74, 6) is -0.356. The van der Waals surface area contributed by atoms with E-state index in [1.54, 1.807) is 12.3 Å². The zero-order valence-electron chi connectivity index (χ0n) is 17.9. The highest BCUT2D eigenvalue weighted by molar-refractivity contribution is 6.10. The van der Waals surface area contributed by atoms with E-state index in [0.717, 1.165) is 10.8 Å². The number of rotatable bonds is 4. The molecule has 0 saturated heterocycles. The molecule has 5 aromatic rings. The molecular formula is C27H21N3O3. The standard InChI is InChI=1S/C27H21N3O3/c1-17-25-22(19(16-31)15-28-17)14-23(27(33-25)29-20-10-3-2-4-11-20)26(32)30-24-13-7-9-18-8-5-6-12-21(18)24/h2-15,31H,16H2,1H3,(H,30,32). The van der Waals surface area contributed by atoms with Crippen molar-refractivity contribution < 1.29 is 14.3 Å². The quantitative estimate of drug-likeness (QED) is 0.403. The van der Waals surface area contributed by atoms with Gasteiger partial charge >= 0.3 is 0 Å². The minimum atomic E-state index is -0.356. The summed E-state index contributed by atoms with van der Waals surface area (Å²) in [5.41, 5.74) is 3.49. The van der Waals surface area contributed by atoms with Gasteiger partial charge in [-0.25, -0.2) is 4.99 Å². The predicted octanol–water partition coefficient (Wildman–Crippen LogP) is 5.27. The summed E-state index contributed by atoms with van der Waals surface area (Å²) >= 11 is 0. The van der Waals surface area contributed by atoms with Crippen LogP contribution in [-0.2, 0) is 6.61 Å². The normalized spacial score (nSPS) is 11.8. The van der Waals surface area contributed by atoms with Crippen molar-refractivity contribution in [2.75, 3.05) is 5.32 Å². The number of amides is 1. The number of aliphatic hydroxyl groups excluding tert-OH is 1. The van der Waals surface area contributed by atoms with Crippen molar-refractivity contribution >= 4 is 39.0 Å². The third-order valence-corrected chi connectivity index (χ3v) is 5.49. The number of para-hydroxylation sites is 1. The van der Waals surface area contributed by atoms with E-state index < -0.39 is 0 Å². The summed E-state index contributed by atoms with van der Waals surface area (Å²) in [7, 11) is 0. The molecule has 6 heteroatoms. The van der Waals surface area contributed by atoms with Crippen molar-refractivity contribution in [3.05, 3.63) is 107 Å². The number of aromatic nitrogens is 1. The molecule has 6 nitrogen and oxygen atoms in total. The molecule has 2 heterocycles. The Balaban J connectivity index is 1.70. The van der Waals surface area contributed by atoms with Crippen LogP contribution in [-0.4, -0.2) is 16.0 Å². The van der Waals surface area contributed by atoms with E-state index >= 15 is 0 Å². The predicted molar refractivity (Wildman–Crippen MR) is 128 cm³/mol. The molecule has 0 bridgehead atoms. The summed E-state index contributed by atoms with van der Waals surface area (Å²) in [4.78, 5) is 22.4. The van der Waals surface area contributed by atoms with Crippen molar-refractivity contribution in [3.8, 4) is 0 Å². The van der Waals surface area contributed by atoms with Crippen LogP contribution in [0.15, 0.2) is 94.5 Å². The maximum atomic E-state index is 13.5. The average molecular weight is 435 g/mol. The first-order valence-corrected chi connectivity index (χ1v) is 10.6. The molecule has 0 spiro atoms. The third kappa shape index (κ3) is 4.00. The van der Waals surface area contributed by atoms with Crippen molar-refractivity contribution in [3.63, 3.8) is 0 Å². The van der Waals surface area contributed by atoms with Gasteiger partial charge in [0.05, 0.1) is 18.0 Å². The summed E-state index contributed by atoms with van der Waals surface area (Å²) in [6.07, 6.45) is 1.59. The Hall–Kier alpha value is -4.29. The van der Waals surface area contributed by atoms with Crippen LogP contribution in [0.1, 0.15) is 21.6 Å². The lowest BCUT2D eigenvalue weighted by Gasteiger charge is -2.11. The highest BCUT2D eigenvalue weighted by Gasteiger charge is 2.17. The number of nitrogens with zero attached hydrogens (tertiary/aromatic N) is 2. The molecule has 0 unspecified atom stereocenters. The van der Waals surface area contributed by atoms with Crippen LogP contribution < -0.4 is 10.9 Å². The van der Waals surface area contributed by atoms with Gasteiger partial charge in [-0.3, -0.25) is 9.78 Å². The molecule has 0 aliphatic rings. The van der Waals surface area contributed by atoms with Gasteiger partial charge in [0.25, 0.3) is 5.91 Å². The topological polar surface area (TPSA) is 87.7 Å². The Bertz CT molecular complexity index is 1550. The van der Waals surface area contributed by atoms with Crippen molar-refractivity contribution in [1.29, 1.82) is 0 Å².